The van der Waals surface area contributed by atoms with Crippen LogP contribution >= 0.6 is 0 Å². The third-order valence-corrected chi connectivity index (χ3v) is 3.68. The second-order valence-electron chi connectivity index (χ2n) is 7.05. The molecule has 1 saturated carbocycles. The monoisotopic (exact) mass is 248 g/mol. The van der Waals surface area contributed by atoms with Crippen LogP contribution in [0.1, 0.15) is 52.4 Å². The van der Waals surface area contributed by atoms with Crippen LogP contribution in [0.25, 0.3) is 0 Å². The third kappa shape index (κ3) is 2.42. The molecule has 0 spiro atoms. The predicted molar refractivity (Wildman–Crippen MR) is 75.7 cm³/mol. The minimum absolute atomic E-state index is 0.0860. The van der Waals surface area contributed by atoms with Crippen molar-refractivity contribution in [3.8, 4) is 0 Å². The Hall–Kier alpha value is -1.32. The topological polar surface area (TPSA) is 63.8 Å². The van der Waals surface area contributed by atoms with Gasteiger partial charge in [0.1, 0.15) is 17.5 Å². The SMILES string of the molecule is Cc1c(N)nc(C(C)(C)C)nc1NC1CC1(C)C. The molecule has 3 N–H and O–H groups in total. The van der Waals surface area contributed by atoms with Crippen molar-refractivity contribution in [1.29, 1.82) is 0 Å². The highest BCUT2D eigenvalue weighted by Crippen LogP contribution is 2.46. The molecule has 2 rings (SSSR count). The van der Waals surface area contributed by atoms with Gasteiger partial charge >= 0.3 is 0 Å². The number of nitrogens with zero attached hydrogens (tertiary/aromatic N) is 2. The van der Waals surface area contributed by atoms with Gasteiger partial charge in [-0.05, 0) is 18.8 Å². The molecule has 18 heavy (non-hydrogen) atoms. The largest absolute Gasteiger partial charge is 0.383 e. The van der Waals surface area contributed by atoms with Crippen molar-refractivity contribution in [3.63, 3.8) is 0 Å². The fourth-order valence-corrected chi connectivity index (χ4v) is 1.89. The summed E-state index contributed by atoms with van der Waals surface area (Å²) < 4.78 is 0. The molecule has 0 amide bonds. The molecular weight excluding hydrogens is 224 g/mol. The van der Waals surface area contributed by atoms with E-state index in [0.717, 1.165) is 17.2 Å². The van der Waals surface area contributed by atoms with Crippen LogP contribution in [-0.4, -0.2) is 16.0 Å². The first-order valence-electron chi connectivity index (χ1n) is 6.52. The second-order valence-corrected chi connectivity index (χ2v) is 7.05. The van der Waals surface area contributed by atoms with Gasteiger partial charge in [-0.25, -0.2) is 9.97 Å². The fraction of sp³-hybridized carbons (Fsp3) is 0.714. The van der Waals surface area contributed by atoms with Gasteiger partial charge in [0.2, 0.25) is 0 Å². The Balaban J connectivity index is 2.32. The number of nitrogens with two attached hydrogens (primary N) is 1. The third-order valence-electron chi connectivity index (χ3n) is 3.68. The van der Waals surface area contributed by atoms with Crippen molar-refractivity contribution >= 4 is 11.6 Å². The molecule has 0 saturated heterocycles. The van der Waals surface area contributed by atoms with Gasteiger partial charge in [0.15, 0.2) is 0 Å². The highest BCUT2D eigenvalue weighted by molar-refractivity contribution is 5.56. The normalized spacial score (nSPS) is 21.8. The van der Waals surface area contributed by atoms with Gasteiger partial charge in [0.05, 0.1) is 0 Å². The van der Waals surface area contributed by atoms with Crippen LogP contribution in [-0.2, 0) is 5.41 Å². The Kier molecular flexibility index (Phi) is 2.80. The van der Waals surface area contributed by atoms with Gasteiger partial charge in [-0.15, -0.1) is 0 Å². The maximum absolute atomic E-state index is 5.99. The molecule has 1 fully saturated rings. The van der Waals surface area contributed by atoms with E-state index >= 15 is 0 Å². The molecule has 0 radical (unpaired) electrons. The van der Waals surface area contributed by atoms with E-state index in [1.807, 2.05) is 6.92 Å². The summed E-state index contributed by atoms with van der Waals surface area (Å²) in [5.74, 6) is 2.27. The lowest BCUT2D eigenvalue weighted by Crippen LogP contribution is -2.20. The van der Waals surface area contributed by atoms with E-state index in [-0.39, 0.29) is 5.41 Å². The lowest BCUT2D eigenvalue weighted by Gasteiger charge is -2.20. The lowest BCUT2D eigenvalue weighted by atomic mass is 9.95. The van der Waals surface area contributed by atoms with Crippen molar-refractivity contribution in [3.05, 3.63) is 11.4 Å². The summed E-state index contributed by atoms with van der Waals surface area (Å²) in [4.78, 5) is 9.04. The standard InChI is InChI=1S/C14H24N4/c1-8-10(15)17-12(13(2,3)4)18-11(8)16-9-7-14(9,5)6/h9H,7H2,1-6H3,(H3,15,16,17,18). The first-order chi connectivity index (χ1) is 8.11. The number of aromatic nitrogens is 2. The Labute approximate surface area is 109 Å². The van der Waals surface area contributed by atoms with E-state index in [0.29, 0.717) is 17.3 Å². The molecular formula is C14H24N4. The predicted octanol–water partition coefficient (Wildman–Crippen LogP) is 2.88. The molecule has 1 aliphatic rings. The van der Waals surface area contributed by atoms with Gasteiger partial charge in [0.25, 0.3) is 0 Å². The minimum Gasteiger partial charge on any atom is -0.383 e. The number of nitrogen functional groups attached to an aromatic ring is 1. The number of rotatable bonds is 2. The summed E-state index contributed by atoms with van der Waals surface area (Å²) in [5.41, 5.74) is 7.22. The number of hydrogen-bond acceptors (Lipinski definition) is 4. The van der Waals surface area contributed by atoms with Gasteiger partial charge in [-0.2, -0.15) is 0 Å². The molecule has 1 atom stereocenters. The fourth-order valence-electron chi connectivity index (χ4n) is 1.89. The van der Waals surface area contributed by atoms with Crippen LogP contribution in [0.2, 0.25) is 0 Å². The molecule has 0 bridgehead atoms. The Morgan fingerprint density at radius 1 is 1.28 bits per heavy atom. The van der Waals surface area contributed by atoms with Crippen LogP contribution < -0.4 is 11.1 Å². The molecule has 4 nitrogen and oxygen atoms in total. The number of hydrogen-bond donors (Lipinski definition) is 2. The first kappa shape index (κ1) is 13.1. The van der Waals surface area contributed by atoms with Crippen LogP contribution in [0.3, 0.4) is 0 Å². The second kappa shape index (κ2) is 3.84. The summed E-state index contributed by atoms with van der Waals surface area (Å²) in [7, 11) is 0. The zero-order chi connectivity index (χ0) is 13.7. The Bertz CT molecular complexity index is 471. The quantitative estimate of drug-likeness (QED) is 0.844. The zero-order valence-electron chi connectivity index (χ0n) is 12.3. The van der Waals surface area contributed by atoms with E-state index in [9.17, 15) is 0 Å². The zero-order valence-corrected chi connectivity index (χ0v) is 12.3. The molecule has 0 aliphatic heterocycles. The highest BCUT2D eigenvalue weighted by Gasteiger charge is 2.46. The highest BCUT2D eigenvalue weighted by atomic mass is 15.1. The van der Waals surface area contributed by atoms with Crippen LogP contribution in [0.15, 0.2) is 0 Å². The average Bonchev–Trinajstić information content (AvgIpc) is 2.79. The summed E-state index contributed by atoms with van der Waals surface area (Å²) in [6.07, 6.45) is 1.18. The summed E-state index contributed by atoms with van der Waals surface area (Å²) in [6.45, 7) is 12.8. The number of nitrogens with one attached hydrogen (secondary N) is 1. The minimum atomic E-state index is -0.0860. The van der Waals surface area contributed by atoms with E-state index in [2.05, 4.69) is 49.9 Å². The van der Waals surface area contributed by atoms with Crippen molar-refractivity contribution in [2.75, 3.05) is 11.1 Å². The maximum Gasteiger partial charge on any atom is 0.138 e. The molecule has 0 aromatic carbocycles. The maximum atomic E-state index is 5.99. The van der Waals surface area contributed by atoms with E-state index < -0.39 is 0 Å². The van der Waals surface area contributed by atoms with Crippen LogP contribution in [0, 0.1) is 12.3 Å². The summed E-state index contributed by atoms with van der Waals surface area (Å²) in [6, 6.07) is 0.498. The van der Waals surface area contributed by atoms with Crippen molar-refractivity contribution < 1.29 is 0 Å². The molecule has 1 aromatic heterocycles. The van der Waals surface area contributed by atoms with Crippen LogP contribution in [0.5, 0.6) is 0 Å². The van der Waals surface area contributed by atoms with Crippen LogP contribution in [0.4, 0.5) is 11.6 Å². The number of anilines is 2. The molecule has 4 heteroatoms. The molecule has 1 unspecified atom stereocenters. The summed E-state index contributed by atoms with van der Waals surface area (Å²) in [5, 5.41) is 3.50. The molecule has 1 heterocycles. The van der Waals surface area contributed by atoms with E-state index in [1.165, 1.54) is 6.42 Å². The van der Waals surface area contributed by atoms with Gasteiger partial charge in [-0.1, -0.05) is 34.6 Å². The lowest BCUT2D eigenvalue weighted by molar-refractivity contribution is 0.546. The van der Waals surface area contributed by atoms with Gasteiger partial charge in [0, 0.05) is 17.0 Å². The Morgan fingerprint density at radius 2 is 1.83 bits per heavy atom. The molecule has 1 aromatic rings. The van der Waals surface area contributed by atoms with Crippen molar-refractivity contribution in [2.24, 2.45) is 5.41 Å². The molecule has 1 aliphatic carbocycles. The Morgan fingerprint density at radius 3 is 2.28 bits per heavy atom. The van der Waals surface area contributed by atoms with E-state index in [4.69, 9.17) is 5.73 Å². The van der Waals surface area contributed by atoms with Crippen molar-refractivity contribution in [1.82, 2.24) is 9.97 Å². The average molecular weight is 248 g/mol. The van der Waals surface area contributed by atoms with Crippen molar-refractivity contribution in [2.45, 2.75) is 59.4 Å². The summed E-state index contributed by atoms with van der Waals surface area (Å²) >= 11 is 0. The van der Waals surface area contributed by atoms with E-state index in [1.54, 1.807) is 0 Å². The van der Waals surface area contributed by atoms with Gasteiger partial charge in [-0.3, -0.25) is 0 Å². The smallest absolute Gasteiger partial charge is 0.138 e. The van der Waals surface area contributed by atoms with Gasteiger partial charge < -0.3 is 11.1 Å². The first-order valence-corrected chi connectivity index (χ1v) is 6.52. The molecule has 100 valence electrons.